The van der Waals surface area contributed by atoms with Crippen LogP contribution in [-0.2, 0) is 7.05 Å². The predicted molar refractivity (Wildman–Crippen MR) is 65.6 cm³/mol. The van der Waals surface area contributed by atoms with E-state index in [-0.39, 0.29) is 17.9 Å². The number of amides is 1. The molecule has 0 saturated heterocycles. The molecular weight excluding hydrogens is 218 g/mol. The summed E-state index contributed by atoms with van der Waals surface area (Å²) in [5, 5.41) is 15.9. The van der Waals surface area contributed by atoms with E-state index in [1.165, 1.54) is 0 Å². The number of aliphatic hydroxyl groups excluding tert-OH is 1. The van der Waals surface area contributed by atoms with Gasteiger partial charge < -0.3 is 10.4 Å². The molecule has 0 radical (unpaired) electrons. The van der Waals surface area contributed by atoms with Crippen molar-refractivity contribution in [3.05, 3.63) is 18.0 Å². The van der Waals surface area contributed by atoms with Gasteiger partial charge in [0.2, 0.25) is 0 Å². The minimum absolute atomic E-state index is 0.0704. The van der Waals surface area contributed by atoms with Crippen LogP contribution in [0.5, 0.6) is 0 Å². The Labute approximate surface area is 102 Å². The zero-order valence-electron chi connectivity index (χ0n) is 10.7. The van der Waals surface area contributed by atoms with Gasteiger partial charge in [0.05, 0.1) is 11.8 Å². The molecule has 0 aliphatic heterocycles. The normalized spacial score (nSPS) is 11.5. The number of hydrogen-bond donors (Lipinski definition) is 2. The monoisotopic (exact) mass is 239 g/mol. The minimum atomic E-state index is -0.0973. The maximum absolute atomic E-state index is 11.6. The first-order valence-electron chi connectivity index (χ1n) is 5.82. The van der Waals surface area contributed by atoms with Gasteiger partial charge in [0.25, 0.3) is 5.91 Å². The van der Waals surface area contributed by atoms with Gasteiger partial charge in [0, 0.05) is 26.4 Å². The maximum Gasteiger partial charge on any atom is 0.254 e. The van der Waals surface area contributed by atoms with Crippen LogP contribution in [0.4, 0.5) is 0 Å². The van der Waals surface area contributed by atoms with Crippen molar-refractivity contribution in [1.82, 2.24) is 15.1 Å². The van der Waals surface area contributed by atoms with E-state index in [2.05, 4.69) is 10.4 Å². The summed E-state index contributed by atoms with van der Waals surface area (Å²) in [4.78, 5) is 11.6. The van der Waals surface area contributed by atoms with Gasteiger partial charge in [-0.1, -0.05) is 13.8 Å². The van der Waals surface area contributed by atoms with E-state index in [0.29, 0.717) is 12.1 Å². The summed E-state index contributed by atoms with van der Waals surface area (Å²) < 4.78 is 1.60. The van der Waals surface area contributed by atoms with Gasteiger partial charge in [-0.05, 0) is 18.3 Å². The second-order valence-corrected chi connectivity index (χ2v) is 5.08. The number of nitrogens with zero attached hydrogens (tertiary/aromatic N) is 2. The van der Waals surface area contributed by atoms with Crippen molar-refractivity contribution >= 4 is 5.91 Å². The van der Waals surface area contributed by atoms with E-state index in [4.69, 9.17) is 5.11 Å². The number of nitrogens with one attached hydrogen (secondary N) is 1. The second-order valence-electron chi connectivity index (χ2n) is 5.08. The Balaban J connectivity index is 2.26. The van der Waals surface area contributed by atoms with Gasteiger partial charge in [0.1, 0.15) is 0 Å². The van der Waals surface area contributed by atoms with E-state index < -0.39 is 0 Å². The lowest BCUT2D eigenvalue weighted by molar-refractivity contribution is 0.0948. The highest BCUT2D eigenvalue weighted by Crippen LogP contribution is 2.20. The number of hydrogen-bond acceptors (Lipinski definition) is 3. The fourth-order valence-electron chi connectivity index (χ4n) is 1.49. The number of carbonyl (C=O) groups is 1. The third-order valence-electron chi connectivity index (χ3n) is 2.71. The lowest BCUT2D eigenvalue weighted by Gasteiger charge is -2.21. The summed E-state index contributed by atoms with van der Waals surface area (Å²) in [5.41, 5.74) is 0.507. The third kappa shape index (κ3) is 4.56. The lowest BCUT2D eigenvalue weighted by atomic mass is 9.89. The average molecular weight is 239 g/mol. The van der Waals surface area contributed by atoms with Crippen molar-refractivity contribution in [3.63, 3.8) is 0 Å². The Bertz CT molecular complexity index is 372. The molecule has 5 heteroatoms. The van der Waals surface area contributed by atoms with Crippen LogP contribution in [0.1, 0.15) is 37.0 Å². The van der Waals surface area contributed by atoms with Crippen LogP contribution >= 0.6 is 0 Å². The van der Waals surface area contributed by atoms with E-state index >= 15 is 0 Å². The molecule has 5 nitrogen and oxygen atoms in total. The summed E-state index contributed by atoms with van der Waals surface area (Å²) in [5.74, 6) is -0.0973. The fraction of sp³-hybridized carbons (Fsp3) is 0.667. The molecule has 0 unspecified atom stereocenters. The van der Waals surface area contributed by atoms with E-state index in [9.17, 15) is 4.79 Å². The highest BCUT2D eigenvalue weighted by molar-refractivity contribution is 5.93. The van der Waals surface area contributed by atoms with Crippen LogP contribution in [0.3, 0.4) is 0 Å². The molecule has 0 atom stereocenters. The maximum atomic E-state index is 11.6. The molecule has 96 valence electrons. The molecule has 1 amide bonds. The molecule has 0 fully saturated rings. The zero-order chi connectivity index (χ0) is 12.9. The topological polar surface area (TPSA) is 67.2 Å². The number of aryl methyl sites for hydroxylation is 1. The number of carbonyl (C=O) groups excluding carboxylic acids is 1. The Morgan fingerprint density at radius 2 is 2.29 bits per heavy atom. The summed E-state index contributed by atoms with van der Waals surface area (Å²) in [6, 6.07) is 0. The Morgan fingerprint density at radius 3 is 2.82 bits per heavy atom. The van der Waals surface area contributed by atoms with Gasteiger partial charge in [-0.25, -0.2) is 0 Å². The van der Waals surface area contributed by atoms with Gasteiger partial charge >= 0.3 is 0 Å². The van der Waals surface area contributed by atoms with Crippen LogP contribution in [0, 0.1) is 5.41 Å². The zero-order valence-corrected chi connectivity index (χ0v) is 10.7. The molecule has 1 rings (SSSR count). The van der Waals surface area contributed by atoms with Crippen LogP contribution < -0.4 is 5.32 Å². The first-order valence-corrected chi connectivity index (χ1v) is 5.82. The van der Waals surface area contributed by atoms with Crippen molar-refractivity contribution in [2.45, 2.75) is 26.7 Å². The second kappa shape index (κ2) is 5.82. The lowest BCUT2D eigenvalue weighted by Crippen LogP contribution is -2.26. The first-order chi connectivity index (χ1) is 7.94. The van der Waals surface area contributed by atoms with Gasteiger partial charge in [-0.2, -0.15) is 5.10 Å². The molecule has 1 aromatic rings. The summed E-state index contributed by atoms with van der Waals surface area (Å²) in [6.07, 6.45) is 4.98. The quantitative estimate of drug-likeness (QED) is 0.726. The molecule has 0 spiro atoms. The Morgan fingerprint density at radius 1 is 1.59 bits per heavy atom. The van der Waals surface area contributed by atoms with Crippen molar-refractivity contribution in [2.24, 2.45) is 12.5 Å². The van der Waals surface area contributed by atoms with Crippen molar-refractivity contribution < 1.29 is 9.90 Å². The summed E-state index contributed by atoms with van der Waals surface area (Å²) in [6.45, 7) is 4.81. The molecule has 2 N–H and O–H groups in total. The van der Waals surface area contributed by atoms with E-state index in [1.807, 2.05) is 13.8 Å². The molecule has 0 saturated carbocycles. The summed E-state index contributed by atoms with van der Waals surface area (Å²) >= 11 is 0. The molecule has 0 aliphatic carbocycles. The van der Waals surface area contributed by atoms with Crippen molar-refractivity contribution in [1.29, 1.82) is 0 Å². The van der Waals surface area contributed by atoms with E-state index in [0.717, 1.165) is 12.8 Å². The predicted octanol–water partition coefficient (Wildman–Crippen LogP) is 0.949. The summed E-state index contributed by atoms with van der Waals surface area (Å²) in [7, 11) is 1.78. The number of aliphatic hydroxyl groups is 1. The fourth-order valence-corrected chi connectivity index (χ4v) is 1.49. The van der Waals surface area contributed by atoms with Crippen LogP contribution in [0.2, 0.25) is 0 Å². The SMILES string of the molecule is Cn1cc(C(=O)NCCCC(C)(C)CO)cn1. The smallest absolute Gasteiger partial charge is 0.254 e. The standard InChI is InChI=1S/C12H21N3O2/c1-12(2,9-16)5-4-6-13-11(17)10-7-14-15(3)8-10/h7-8,16H,4-6,9H2,1-3H3,(H,13,17). The molecule has 17 heavy (non-hydrogen) atoms. The van der Waals surface area contributed by atoms with Gasteiger partial charge in [0.15, 0.2) is 0 Å². The number of rotatable bonds is 6. The molecule has 0 aliphatic rings. The number of aromatic nitrogens is 2. The largest absolute Gasteiger partial charge is 0.396 e. The van der Waals surface area contributed by atoms with Gasteiger partial charge in [-0.3, -0.25) is 9.48 Å². The minimum Gasteiger partial charge on any atom is -0.396 e. The third-order valence-corrected chi connectivity index (χ3v) is 2.71. The van der Waals surface area contributed by atoms with Crippen LogP contribution in [0.25, 0.3) is 0 Å². The average Bonchev–Trinajstić information content (AvgIpc) is 2.71. The van der Waals surface area contributed by atoms with Crippen molar-refractivity contribution in [2.75, 3.05) is 13.2 Å². The Hall–Kier alpha value is -1.36. The van der Waals surface area contributed by atoms with Crippen molar-refractivity contribution in [3.8, 4) is 0 Å². The van der Waals surface area contributed by atoms with Crippen LogP contribution in [0.15, 0.2) is 12.4 Å². The highest BCUT2D eigenvalue weighted by Gasteiger charge is 2.15. The highest BCUT2D eigenvalue weighted by atomic mass is 16.3. The Kier molecular flexibility index (Phi) is 4.69. The molecule has 1 heterocycles. The molecule has 0 bridgehead atoms. The van der Waals surface area contributed by atoms with Crippen LogP contribution in [-0.4, -0.2) is 33.9 Å². The van der Waals surface area contributed by atoms with E-state index in [1.54, 1.807) is 24.1 Å². The molecule has 1 aromatic heterocycles. The molecule has 0 aromatic carbocycles. The molecular formula is C12H21N3O2. The van der Waals surface area contributed by atoms with Gasteiger partial charge in [-0.15, -0.1) is 0 Å². The first kappa shape index (κ1) is 13.7.